The first-order valence-electron chi connectivity index (χ1n) is 16.3. The highest BCUT2D eigenvalue weighted by Crippen LogP contribution is 2.26. The third kappa shape index (κ3) is 12.1. The van der Waals surface area contributed by atoms with Crippen LogP contribution in [-0.4, -0.2) is 53.4 Å². The predicted molar refractivity (Wildman–Crippen MR) is 186 cm³/mol. The van der Waals surface area contributed by atoms with Gasteiger partial charge in [-0.25, -0.2) is 18.8 Å². The molecule has 0 aromatic heterocycles. The van der Waals surface area contributed by atoms with E-state index in [1.807, 2.05) is 55.5 Å². The average molecular weight is 668 g/mol. The number of rotatable bonds is 12. The number of aryl methyl sites for hydroxylation is 2. The molecule has 0 saturated heterocycles. The Kier molecular flexibility index (Phi) is 14.2. The number of benzene rings is 4. The Morgan fingerprint density at radius 3 is 2.39 bits per heavy atom. The van der Waals surface area contributed by atoms with Crippen molar-refractivity contribution >= 4 is 29.5 Å². The average Bonchev–Trinajstić information content (AvgIpc) is 3.08. The third-order valence-electron chi connectivity index (χ3n) is 8.09. The number of ether oxygens (including phenoxy) is 2. The lowest BCUT2D eigenvalue weighted by Gasteiger charge is -2.30. The van der Waals surface area contributed by atoms with E-state index in [9.17, 15) is 23.9 Å². The zero-order valence-corrected chi connectivity index (χ0v) is 27.8. The molecule has 2 amide bonds. The van der Waals surface area contributed by atoms with Crippen molar-refractivity contribution in [3.63, 3.8) is 0 Å². The standard InChI is InChI=1S/C32H37FN2O5.C7H5NO/c1-22-7-3-9-24(17-22)20-35(32(38)34-27-12-5-11-26(33)18-27)15-16-39-28-13-6-14-29(19-28)40-21-25-10-4-8-23(2)30(25)31(36)37;9-6-8-7-4-2-1-3-5-7/h3-5,7-12,17-18,28-29H,6,13-16,19-21H2,1-2H3,(H,34,38)(H,36,37);1-5H. The number of para-hydroxylation sites is 1. The van der Waals surface area contributed by atoms with Crippen molar-refractivity contribution in [2.24, 2.45) is 4.99 Å². The molecule has 10 heteroatoms. The number of aromatic carboxylic acids is 1. The van der Waals surface area contributed by atoms with E-state index in [4.69, 9.17) is 9.47 Å². The third-order valence-corrected chi connectivity index (χ3v) is 8.09. The quantitative estimate of drug-likeness (QED) is 0.116. The first-order valence-corrected chi connectivity index (χ1v) is 16.3. The molecule has 4 aromatic carbocycles. The van der Waals surface area contributed by atoms with E-state index >= 15 is 0 Å². The maximum atomic E-state index is 13.7. The van der Waals surface area contributed by atoms with E-state index in [1.54, 1.807) is 48.2 Å². The van der Waals surface area contributed by atoms with Gasteiger partial charge in [0.15, 0.2) is 0 Å². The van der Waals surface area contributed by atoms with Crippen molar-refractivity contribution in [3.8, 4) is 0 Å². The number of nitrogens with one attached hydrogen (secondary N) is 1. The first-order chi connectivity index (χ1) is 23.7. The zero-order chi connectivity index (χ0) is 35.0. The molecule has 0 radical (unpaired) electrons. The molecule has 5 rings (SSSR count). The highest BCUT2D eigenvalue weighted by molar-refractivity contribution is 5.91. The van der Waals surface area contributed by atoms with Crippen LogP contribution in [0.15, 0.2) is 102 Å². The molecule has 1 saturated carbocycles. The Bertz CT molecular complexity index is 1730. The minimum absolute atomic E-state index is 0.0118. The minimum atomic E-state index is -0.946. The number of halogens is 1. The molecular formula is C39H42FN3O6. The number of carbonyl (C=O) groups excluding carboxylic acids is 2. The van der Waals surface area contributed by atoms with Gasteiger partial charge in [-0.2, -0.15) is 4.99 Å². The molecule has 1 aliphatic rings. The maximum absolute atomic E-state index is 13.7. The predicted octanol–water partition coefficient (Wildman–Crippen LogP) is 8.37. The van der Waals surface area contributed by atoms with Crippen molar-refractivity contribution in [2.45, 2.75) is 64.9 Å². The highest BCUT2D eigenvalue weighted by atomic mass is 19.1. The van der Waals surface area contributed by atoms with Crippen LogP contribution in [0.2, 0.25) is 0 Å². The molecule has 0 bridgehead atoms. The van der Waals surface area contributed by atoms with Crippen LogP contribution >= 0.6 is 0 Å². The number of anilines is 1. The van der Waals surface area contributed by atoms with Crippen LogP contribution in [0.3, 0.4) is 0 Å². The number of hydrogen-bond donors (Lipinski definition) is 2. The summed E-state index contributed by atoms with van der Waals surface area (Å²) in [6, 6.07) is 27.9. The molecule has 256 valence electrons. The number of amides is 2. The van der Waals surface area contributed by atoms with E-state index < -0.39 is 11.8 Å². The van der Waals surface area contributed by atoms with Crippen LogP contribution in [0, 0.1) is 19.7 Å². The van der Waals surface area contributed by atoms with Gasteiger partial charge in [-0.05, 0) is 86.6 Å². The molecule has 4 aromatic rings. The second-order valence-electron chi connectivity index (χ2n) is 11.9. The minimum Gasteiger partial charge on any atom is -0.478 e. The van der Waals surface area contributed by atoms with Crippen molar-refractivity contribution in [2.75, 3.05) is 18.5 Å². The fourth-order valence-corrected chi connectivity index (χ4v) is 5.70. The van der Waals surface area contributed by atoms with Crippen LogP contribution in [0.25, 0.3) is 0 Å². The van der Waals surface area contributed by atoms with Crippen molar-refractivity contribution in [3.05, 3.63) is 131 Å². The van der Waals surface area contributed by atoms with Gasteiger partial charge < -0.3 is 24.8 Å². The highest BCUT2D eigenvalue weighted by Gasteiger charge is 2.25. The molecule has 1 fully saturated rings. The molecule has 2 atom stereocenters. The van der Waals surface area contributed by atoms with Gasteiger partial charge in [-0.1, -0.05) is 72.3 Å². The van der Waals surface area contributed by atoms with E-state index in [2.05, 4.69) is 10.3 Å². The van der Waals surface area contributed by atoms with E-state index in [0.29, 0.717) is 48.6 Å². The van der Waals surface area contributed by atoms with Crippen LogP contribution in [0.5, 0.6) is 0 Å². The Morgan fingerprint density at radius 1 is 0.939 bits per heavy atom. The molecule has 0 spiro atoms. The molecule has 2 N–H and O–H groups in total. The SMILES string of the molecule is Cc1cccc(CN(CCOC2CCCC(OCc3cccc(C)c3C(=O)O)C2)C(=O)Nc2cccc(F)c2)c1.O=C=Nc1ccccc1. The van der Waals surface area contributed by atoms with Gasteiger partial charge in [-0.15, -0.1) is 0 Å². The Hall–Kier alpha value is -5.15. The van der Waals surface area contributed by atoms with E-state index in [-0.39, 0.29) is 24.8 Å². The summed E-state index contributed by atoms with van der Waals surface area (Å²) in [6.07, 6.45) is 4.87. The number of nitrogens with zero attached hydrogens (tertiary/aromatic N) is 2. The van der Waals surface area contributed by atoms with Gasteiger partial charge in [0.05, 0.1) is 36.7 Å². The molecule has 2 unspecified atom stereocenters. The number of aliphatic imine (C=N–C) groups is 1. The van der Waals surface area contributed by atoms with Gasteiger partial charge in [0.2, 0.25) is 6.08 Å². The van der Waals surface area contributed by atoms with E-state index in [1.165, 1.54) is 18.2 Å². The van der Waals surface area contributed by atoms with Crippen molar-refractivity contribution < 1.29 is 33.4 Å². The van der Waals surface area contributed by atoms with Crippen molar-refractivity contribution in [1.82, 2.24) is 4.90 Å². The van der Waals surface area contributed by atoms with Gasteiger partial charge in [0.1, 0.15) is 5.82 Å². The fourth-order valence-electron chi connectivity index (χ4n) is 5.70. The smallest absolute Gasteiger partial charge is 0.336 e. The molecule has 1 aliphatic carbocycles. The summed E-state index contributed by atoms with van der Waals surface area (Å²) >= 11 is 0. The largest absolute Gasteiger partial charge is 0.478 e. The second kappa shape index (κ2) is 19.0. The summed E-state index contributed by atoms with van der Waals surface area (Å²) in [4.78, 5) is 39.6. The van der Waals surface area contributed by atoms with Gasteiger partial charge >= 0.3 is 12.0 Å². The molecular weight excluding hydrogens is 625 g/mol. The Morgan fingerprint density at radius 2 is 1.67 bits per heavy atom. The fraction of sp³-hybridized carbons (Fsp3) is 0.308. The maximum Gasteiger partial charge on any atom is 0.336 e. The lowest BCUT2D eigenvalue weighted by Crippen LogP contribution is -2.38. The number of isocyanates is 1. The normalized spacial score (nSPS) is 15.2. The van der Waals surface area contributed by atoms with Crippen LogP contribution in [0.4, 0.5) is 20.6 Å². The molecule has 0 aliphatic heterocycles. The van der Waals surface area contributed by atoms with Gasteiger partial charge in [0.25, 0.3) is 0 Å². The summed E-state index contributed by atoms with van der Waals surface area (Å²) < 4.78 is 26.0. The number of urea groups is 1. The Labute approximate surface area is 286 Å². The van der Waals surface area contributed by atoms with Crippen molar-refractivity contribution in [1.29, 1.82) is 0 Å². The van der Waals surface area contributed by atoms with Crippen LogP contribution in [0.1, 0.15) is 58.3 Å². The lowest BCUT2D eigenvalue weighted by molar-refractivity contribution is -0.0524. The lowest BCUT2D eigenvalue weighted by atomic mass is 9.94. The summed E-state index contributed by atoms with van der Waals surface area (Å²) in [5, 5.41) is 12.4. The van der Waals surface area contributed by atoms with Gasteiger partial charge in [-0.3, -0.25) is 0 Å². The number of carboxylic acid groups (broad SMARTS) is 1. The van der Waals surface area contributed by atoms with Gasteiger partial charge in [0, 0.05) is 18.8 Å². The summed E-state index contributed by atoms with van der Waals surface area (Å²) in [5.41, 5.74) is 4.84. The molecule has 49 heavy (non-hydrogen) atoms. The first kappa shape index (κ1) is 36.7. The summed E-state index contributed by atoms with van der Waals surface area (Å²) in [5.74, 6) is -1.36. The van der Waals surface area contributed by atoms with Crippen LogP contribution < -0.4 is 5.32 Å². The van der Waals surface area contributed by atoms with Crippen LogP contribution in [-0.2, 0) is 27.4 Å². The summed E-state index contributed by atoms with van der Waals surface area (Å²) in [6.45, 7) is 5.14. The molecule has 0 heterocycles. The second-order valence-corrected chi connectivity index (χ2v) is 11.9. The number of carboxylic acids is 1. The number of hydrogen-bond acceptors (Lipinski definition) is 6. The van der Waals surface area contributed by atoms with E-state index in [0.717, 1.165) is 36.0 Å². The topological polar surface area (TPSA) is 118 Å². The molecule has 9 nitrogen and oxygen atoms in total. The summed E-state index contributed by atoms with van der Waals surface area (Å²) in [7, 11) is 0. The monoisotopic (exact) mass is 667 g/mol. The number of carbonyl (C=O) groups is 2. The Balaban J connectivity index is 0.000000520. The zero-order valence-electron chi connectivity index (χ0n) is 27.8.